The van der Waals surface area contributed by atoms with Gasteiger partial charge in [0.25, 0.3) is 0 Å². The molecule has 0 saturated heterocycles. The molecule has 0 spiro atoms. The summed E-state index contributed by atoms with van der Waals surface area (Å²) < 4.78 is 5.69. The first kappa shape index (κ1) is 15.1. The molecule has 1 rings (SSSR count). The minimum atomic E-state index is -0.570. The molecule has 1 aromatic rings. The van der Waals surface area contributed by atoms with Crippen molar-refractivity contribution in [1.82, 2.24) is 0 Å². The normalized spacial score (nSPS) is 12.2. The van der Waals surface area contributed by atoms with Crippen molar-refractivity contribution in [3.8, 4) is 5.75 Å². The van der Waals surface area contributed by atoms with Gasteiger partial charge >= 0.3 is 0 Å². The third kappa shape index (κ3) is 5.11. The van der Waals surface area contributed by atoms with Gasteiger partial charge in [-0.15, -0.1) is 6.58 Å². The Morgan fingerprint density at radius 3 is 2.83 bits per heavy atom. The molecular weight excluding hydrogens is 248 g/mol. The molecule has 1 aromatic carbocycles. The van der Waals surface area contributed by atoms with Crippen LogP contribution in [0.1, 0.15) is 44.3 Å². The largest absolute Gasteiger partial charge is 0.493 e. The number of hydrogen-bond acceptors (Lipinski definition) is 2. The van der Waals surface area contributed by atoms with Crippen LogP contribution in [0, 0.1) is 0 Å². The zero-order chi connectivity index (χ0) is 13.4. The fraction of sp³-hybridized carbons (Fsp3) is 0.467. The van der Waals surface area contributed by atoms with E-state index < -0.39 is 6.10 Å². The van der Waals surface area contributed by atoms with Crippen LogP contribution in [0.5, 0.6) is 5.75 Å². The number of hydrogen-bond donors (Lipinski definition) is 1. The van der Waals surface area contributed by atoms with E-state index in [4.69, 9.17) is 16.3 Å². The van der Waals surface area contributed by atoms with E-state index in [1.165, 1.54) is 0 Å². The molecule has 100 valence electrons. The van der Waals surface area contributed by atoms with Crippen molar-refractivity contribution in [3.05, 3.63) is 41.4 Å². The Morgan fingerprint density at radius 1 is 1.39 bits per heavy atom. The van der Waals surface area contributed by atoms with E-state index in [1.54, 1.807) is 19.1 Å². The number of unbranched alkanes of at least 4 members (excludes halogenated alkanes) is 3. The fourth-order valence-corrected chi connectivity index (χ4v) is 1.91. The average Bonchev–Trinajstić information content (AvgIpc) is 2.35. The highest BCUT2D eigenvalue weighted by atomic mass is 35.5. The van der Waals surface area contributed by atoms with E-state index in [9.17, 15) is 5.11 Å². The summed E-state index contributed by atoms with van der Waals surface area (Å²) in [5.41, 5.74) is 0.744. The van der Waals surface area contributed by atoms with Gasteiger partial charge in [0.15, 0.2) is 0 Å². The molecule has 0 fully saturated rings. The predicted molar refractivity (Wildman–Crippen MR) is 76.2 cm³/mol. The number of aliphatic hydroxyl groups is 1. The molecule has 0 amide bonds. The Kier molecular flexibility index (Phi) is 6.84. The first-order chi connectivity index (χ1) is 8.65. The summed E-state index contributed by atoms with van der Waals surface area (Å²) in [7, 11) is 0. The van der Waals surface area contributed by atoms with Crippen molar-refractivity contribution in [2.45, 2.75) is 38.7 Å². The van der Waals surface area contributed by atoms with Gasteiger partial charge in [0.1, 0.15) is 5.75 Å². The second kappa shape index (κ2) is 8.17. The number of allylic oxidation sites excluding steroid dienone is 1. The third-order valence-electron chi connectivity index (χ3n) is 2.73. The van der Waals surface area contributed by atoms with Crippen molar-refractivity contribution in [2.24, 2.45) is 0 Å². The Labute approximate surface area is 114 Å². The topological polar surface area (TPSA) is 29.5 Å². The summed E-state index contributed by atoms with van der Waals surface area (Å²) in [6.45, 7) is 6.07. The van der Waals surface area contributed by atoms with Gasteiger partial charge in [0.05, 0.1) is 12.7 Å². The number of benzene rings is 1. The van der Waals surface area contributed by atoms with Crippen LogP contribution in [0.2, 0.25) is 5.02 Å². The van der Waals surface area contributed by atoms with Crippen LogP contribution in [0.25, 0.3) is 0 Å². The lowest BCUT2D eigenvalue weighted by Gasteiger charge is -2.13. The first-order valence-electron chi connectivity index (χ1n) is 6.36. The molecule has 0 aliphatic carbocycles. The van der Waals surface area contributed by atoms with Gasteiger partial charge in [-0.1, -0.05) is 17.7 Å². The molecule has 0 bridgehead atoms. The van der Waals surface area contributed by atoms with Gasteiger partial charge in [-0.2, -0.15) is 0 Å². The molecule has 1 atom stereocenters. The zero-order valence-corrected chi connectivity index (χ0v) is 11.6. The molecule has 0 aliphatic rings. The average molecular weight is 269 g/mol. The Morgan fingerprint density at radius 2 is 2.17 bits per heavy atom. The molecule has 2 nitrogen and oxygen atoms in total. The van der Waals surface area contributed by atoms with Crippen LogP contribution in [0.4, 0.5) is 0 Å². The maximum Gasteiger partial charge on any atom is 0.125 e. The molecule has 0 heterocycles. The lowest BCUT2D eigenvalue weighted by Crippen LogP contribution is -2.02. The molecule has 1 N–H and O–H groups in total. The Bertz CT molecular complexity index is 375. The van der Waals surface area contributed by atoms with Gasteiger partial charge in [0, 0.05) is 10.6 Å². The number of aliphatic hydroxyl groups excluding tert-OH is 1. The molecule has 0 radical (unpaired) electrons. The molecule has 18 heavy (non-hydrogen) atoms. The fourth-order valence-electron chi connectivity index (χ4n) is 1.73. The van der Waals surface area contributed by atoms with Crippen LogP contribution >= 0.6 is 11.6 Å². The second-order valence-electron chi connectivity index (χ2n) is 4.34. The number of rotatable bonds is 8. The Balaban J connectivity index is 2.44. The quantitative estimate of drug-likeness (QED) is 0.555. The van der Waals surface area contributed by atoms with Crippen LogP contribution in [0.15, 0.2) is 30.9 Å². The smallest absolute Gasteiger partial charge is 0.125 e. The van der Waals surface area contributed by atoms with Crippen molar-refractivity contribution >= 4 is 11.6 Å². The standard InChI is InChI=1S/C15H21ClO2/c1-3-4-5-6-7-10-18-15-9-8-13(16)11-14(15)12(2)17/h3,8-9,11-12,17H,1,4-7,10H2,2H3/t12-/m1/s1. The summed E-state index contributed by atoms with van der Waals surface area (Å²) in [5, 5.41) is 10.3. The lowest BCUT2D eigenvalue weighted by atomic mass is 10.1. The van der Waals surface area contributed by atoms with Crippen molar-refractivity contribution in [1.29, 1.82) is 0 Å². The van der Waals surface area contributed by atoms with Crippen molar-refractivity contribution in [2.75, 3.05) is 6.61 Å². The lowest BCUT2D eigenvalue weighted by molar-refractivity contribution is 0.190. The number of halogens is 1. The molecule has 0 saturated carbocycles. The monoisotopic (exact) mass is 268 g/mol. The predicted octanol–water partition coefficient (Wildman–Crippen LogP) is 4.52. The van der Waals surface area contributed by atoms with Crippen LogP contribution in [-0.2, 0) is 0 Å². The molecule has 3 heteroatoms. The van der Waals surface area contributed by atoms with Gasteiger partial charge in [-0.25, -0.2) is 0 Å². The van der Waals surface area contributed by atoms with E-state index in [-0.39, 0.29) is 0 Å². The highest BCUT2D eigenvalue weighted by molar-refractivity contribution is 6.30. The van der Waals surface area contributed by atoms with Gasteiger partial charge < -0.3 is 9.84 Å². The van der Waals surface area contributed by atoms with E-state index in [1.807, 2.05) is 12.1 Å². The maximum absolute atomic E-state index is 9.65. The van der Waals surface area contributed by atoms with Crippen LogP contribution in [-0.4, -0.2) is 11.7 Å². The Hall–Kier alpha value is -0.990. The summed E-state index contributed by atoms with van der Waals surface area (Å²) in [4.78, 5) is 0. The summed E-state index contributed by atoms with van der Waals surface area (Å²) in [5.74, 6) is 0.720. The second-order valence-corrected chi connectivity index (χ2v) is 4.78. The summed E-state index contributed by atoms with van der Waals surface area (Å²) >= 11 is 5.90. The molecule has 0 aromatic heterocycles. The van der Waals surface area contributed by atoms with Gasteiger partial charge in [0.2, 0.25) is 0 Å². The van der Waals surface area contributed by atoms with Crippen molar-refractivity contribution in [3.63, 3.8) is 0 Å². The third-order valence-corrected chi connectivity index (χ3v) is 2.97. The molecule has 0 aliphatic heterocycles. The van der Waals surface area contributed by atoms with E-state index >= 15 is 0 Å². The zero-order valence-electron chi connectivity index (χ0n) is 10.9. The highest BCUT2D eigenvalue weighted by Gasteiger charge is 2.09. The van der Waals surface area contributed by atoms with E-state index in [2.05, 4.69) is 6.58 Å². The minimum absolute atomic E-state index is 0.570. The number of ether oxygens (including phenoxy) is 1. The minimum Gasteiger partial charge on any atom is -0.493 e. The van der Waals surface area contributed by atoms with E-state index in [0.717, 1.165) is 37.0 Å². The van der Waals surface area contributed by atoms with Crippen LogP contribution < -0.4 is 4.74 Å². The maximum atomic E-state index is 9.65. The van der Waals surface area contributed by atoms with Crippen molar-refractivity contribution < 1.29 is 9.84 Å². The summed E-state index contributed by atoms with van der Waals surface area (Å²) in [6, 6.07) is 5.34. The van der Waals surface area contributed by atoms with Gasteiger partial charge in [-0.05, 0) is 50.8 Å². The van der Waals surface area contributed by atoms with E-state index in [0.29, 0.717) is 11.6 Å². The SMILES string of the molecule is C=CCCCCCOc1ccc(Cl)cc1[C@@H](C)O. The molecular formula is C15H21ClO2. The summed E-state index contributed by atoms with van der Waals surface area (Å²) in [6.07, 6.45) is 5.71. The highest BCUT2D eigenvalue weighted by Crippen LogP contribution is 2.28. The van der Waals surface area contributed by atoms with Gasteiger partial charge in [-0.3, -0.25) is 0 Å². The molecule has 0 unspecified atom stereocenters. The first-order valence-corrected chi connectivity index (χ1v) is 6.74. The van der Waals surface area contributed by atoms with Crippen LogP contribution in [0.3, 0.4) is 0 Å².